The monoisotopic (exact) mass is 258 g/mol. The fourth-order valence-corrected chi connectivity index (χ4v) is 1.95. The first kappa shape index (κ1) is 13.0. The molecule has 7 heteroatoms. The van der Waals surface area contributed by atoms with Crippen LogP contribution in [-0.2, 0) is 4.79 Å². The molecular weight excluding hydrogens is 244 g/mol. The normalized spacial score (nSPS) is 17.8. The van der Waals surface area contributed by atoms with Crippen LogP contribution in [0.25, 0.3) is 0 Å². The van der Waals surface area contributed by atoms with Crippen molar-refractivity contribution in [3.8, 4) is 0 Å². The first-order valence-electron chi connectivity index (χ1n) is 4.67. The third-order valence-corrected chi connectivity index (χ3v) is 3.02. The number of thioether (sulfide) groups is 1. The van der Waals surface area contributed by atoms with Crippen LogP contribution in [0.5, 0.6) is 0 Å². The van der Waals surface area contributed by atoms with Gasteiger partial charge in [-0.05, 0) is 19.1 Å². The second-order valence-corrected chi connectivity index (χ2v) is 4.66. The SMILES string of the molecule is C=C(C)CN1C(=O)CSC1=NNC(=S)NC. The van der Waals surface area contributed by atoms with Crippen molar-refractivity contribution in [2.75, 3.05) is 19.3 Å². The fourth-order valence-electron chi connectivity index (χ4n) is 1.06. The number of hydrazone groups is 1. The van der Waals surface area contributed by atoms with Gasteiger partial charge in [-0.25, -0.2) is 0 Å². The molecule has 0 saturated carbocycles. The van der Waals surface area contributed by atoms with Gasteiger partial charge in [0.05, 0.1) is 5.75 Å². The number of thiocarbonyl (C=S) groups is 1. The maximum absolute atomic E-state index is 11.5. The number of hydrogen-bond acceptors (Lipinski definition) is 4. The number of amidine groups is 1. The highest BCUT2D eigenvalue weighted by Crippen LogP contribution is 2.19. The summed E-state index contributed by atoms with van der Waals surface area (Å²) < 4.78 is 0. The van der Waals surface area contributed by atoms with Crippen molar-refractivity contribution in [3.05, 3.63) is 12.2 Å². The van der Waals surface area contributed by atoms with Gasteiger partial charge in [-0.3, -0.25) is 15.1 Å². The van der Waals surface area contributed by atoms with E-state index in [2.05, 4.69) is 22.4 Å². The molecule has 1 amide bonds. The van der Waals surface area contributed by atoms with E-state index in [0.717, 1.165) is 5.57 Å². The molecule has 1 rings (SSSR count). The zero-order valence-electron chi connectivity index (χ0n) is 9.24. The topological polar surface area (TPSA) is 56.7 Å². The molecule has 0 bridgehead atoms. The van der Waals surface area contributed by atoms with Crippen LogP contribution in [0.4, 0.5) is 0 Å². The third kappa shape index (κ3) is 3.49. The van der Waals surface area contributed by atoms with E-state index >= 15 is 0 Å². The van der Waals surface area contributed by atoms with Crippen LogP contribution >= 0.6 is 24.0 Å². The van der Waals surface area contributed by atoms with Crippen molar-refractivity contribution in [1.82, 2.24) is 15.6 Å². The van der Waals surface area contributed by atoms with Crippen LogP contribution in [-0.4, -0.2) is 40.4 Å². The summed E-state index contributed by atoms with van der Waals surface area (Å²) in [6.45, 7) is 6.16. The average Bonchev–Trinajstić information content (AvgIpc) is 2.56. The Labute approximate surface area is 104 Å². The van der Waals surface area contributed by atoms with Crippen LogP contribution in [0.1, 0.15) is 6.92 Å². The zero-order valence-corrected chi connectivity index (χ0v) is 10.9. The second-order valence-electron chi connectivity index (χ2n) is 3.31. The molecule has 0 aromatic rings. The molecular formula is C9H14N4OS2. The average molecular weight is 258 g/mol. The van der Waals surface area contributed by atoms with E-state index in [1.54, 1.807) is 11.9 Å². The number of carbonyl (C=O) groups is 1. The van der Waals surface area contributed by atoms with Gasteiger partial charge in [-0.2, -0.15) is 0 Å². The van der Waals surface area contributed by atoms with E-state index < -0.39 is 0 Å². The highest BCUT2D eigenvalue weighted by Gasteiger charge is 2.28. The Morgan fingerprint density at radius 2 is 2.44 bits per heavy atom. The molecule has 0 radical (unpaired) electrons. The summed E-state index contributed by atoms with van der Waals surface area (Å²) in [4.78, 5) is 13.1. The van der Waals surface area contributed by atoms with E-state index in [9.17, 15) is 4.79 Å². The molecule has 0 unspecified atom stereocenters. The highest BCUT2D eigenvalue weighted by atomic mass is 32.2. The molecule has 0 aliphatic carbocycles. The molecule has 1 saturated heterocycles. The summed E-state index contributed by atoms with van der Waals surface area (Å²) in [5, 5.41) is 7.86. The third-order valence-electron chi connectivity index (χ3n) is 1.76. The van der Waals surface area contributed by atoms with E-state index in [-0.39, 0.29) is 5.91 Å². The molecule has 0 aromatic heterocycles. The maximum atomic E-state index is 11.5. The van der Waals surface area contributed by atoms with E-state index in [4.69, 9.17) is 12.2 Å². The molecule has 5 nitrogen and oxygen atoms in total. The van der Waals surface area contributed by atoms with Gasteiger partial charge < -0.3 is 5.32 Å². The van der Waals surface area contributed by atoms with Crippen LogP contribution in [0.2, 0.25) is 0 Å². The van der Waals surface area contributed by atoms with E-state index in [0.29, 0.717) is 22.6 Å². The Morgan fingerprint density at radius 1 is 1.75 bits per heavy atom. The molecule has 16 heavy (non-hydrogen) atoms. The van der Waals surface area contributed by atoms with Crippen molar-refractivity contribution in [2.45, 2.75) is 6.92 Å². The lowest BCUT2D eigenvalue weighted by atomic mass is 10.3. The minimum absolute atomic E-state index is 0.0453. The quantitative estimate of drug-likeness (QED) is 0.439. The van der Waals surface area contributed by atoms with Crippen molar-refractivity contribution in [3.63, 3.8) is 0 Å². The molecule has 1 aliphatic heterocycles. The predicted octanol–water partition coefficient (Wildman–Crippen LogP) is 0.503. The molecule has 1 aliphatic rings. The van der Waals surface area contributed by atoms with Gasteiger partial charge in [0, 0.05) is 13.6 Å². The van der Waals surface area contributed by atoms with Gasteiger partial charge >= 0.3 is 0 Å². The van der Waals surface area contributed by atoms with Crippen molar-refractivity contribution in [2.24, 2.45) is 5.10 Å². The first-order valence-corrected chi connectivity index (χ1v) is 6.07. The number of carbonyl (C=O) groups excluding carboxylic acids is 1. The standard InChI is InChI=1S/C9H14N4OS2/c1-6(2)4-13-7(14)5-16-9(13)12-11-8(15)10-3/h1,4-5H2,2-3H3,(H2,10,11,15). The zero-order chi connectivity index (χ0) is 12.1. The smallest absolute Gasteiger partial charge is 0.239 e. The summed E-state index contributed by atoms with van der Waals surface area (Å²) in [5.41, 5.74) is 3.58. The lowest BCUT2D eigenvalue weighted by Gasteiger charge is -2.15. The van der Waals surface area contributed by atoms with Gasteiger partial charge in [0.25, 0.3) is 0 Å². The van der Waals surface area contributed by atoms with Gasteiger partial charge in [-0.1, -0.05) is 23.9 Å². The molecule has 0 aromatic carbocycles. The maximum Gasteiger partial charge on any atom is 0.239 e. The van der Waals surface area contributed by atoms with E-state index in [1.807, 2.05) is 6.92 Å². The summed E-state index contributed by atoms with van der Waals surface area (Å²) in [7, 11) is 1.70. The molecule has 0 spiro atoms. The minimum Gasteiger partial charge on any atom is -0.364 e. The van der Waals surface area contributed by atoms with Gasteiger partial charge in [0.2, 0.25) is 5.91 Å². The number of nitrogens with one attached hydrogen (secondary N) is 2. The lowest BCUT2D eigenvalue weighted by Crippen LogP contribution is -2.34. The summed E-state index contributed by atoms with van der Waals surface area (Å²) in [6.07, 6.45) is 0. The molecule has 2 N–H and O–H groups in total. The summed E-state index contributed by atoms with van der Waals surface area (Å²) in [6, 6.07) is 0. The van der Waals surface area contributed by atoms with Crippen LogP contribution < -0.4 is 10.7 Å². The Morgan fingerprint density at radius 3 is 3.00 bits per heavy atom. The Hall–Kier alpha value is -1.08. The molecule has 0 atom stereocenters. The highest BCUT2D eigenvalue weighted by molar-refractivity contribution is 8.15. The fraction of sp³-hybridized carbons (Fsp3) is 0.444. The van der Waals surface area contributed by atoms with Crippen molar-refractivity contribution in [1.29, 1.82) is 0 Å². The van der Waals surface area contributed by atoms with Crippen molar-refractivity contribution < 1.29 is 4.79 Å². The Balaban J connectivity index is 2.67. The number of rotatable bonds is 3. The largest absolute Gasteiger partial charge is 0.364 e. The van der Waals surface area contributed by atoms with Crippen LogP contribution in [0, 0.1) is 0 Å². The molecule has 1 fully saturated rings. The summed E-state index contributed by atoms with van der Waals surface area (Å²) >= 11 is 6.27. The number of nitrogens with zero attached hydrogens (tertiary/aromatic N) is 2. The Kier molecular flexibility index (Phi) is 4.75. The minimum atomic E-state index is 0.0453. The predicted molar refractivity (Wildman–Crippen MR) is 71.2 cm³/mol. The van der Waals surface area contributed by atoms with Crippen LogP contribution in [0.15, 0.2) is 17.3 Å². The number of amides is 1. The lowest BCUT2D eigenvalue weighted by molar-refractivity contribution is -0.123. The van der Waals surface area contributed by atoms with Crippen LogP contribution in [0.3, 0.4) is 0 Å². The number of hydrogen-bond donors (Lipinski definition) is 2. The second kappa shape index (κ2) is 5.86. The van der Waals surface area contributed by atoms with Gasteiger partial charge in [0.15, 0.2) is 10.3 Å². The first-order chi connectivity index (χ1) is 7.54. The Bertz CT molecular complexity index is 353. The summed E-state index contributed by atoms with van der Waals surface area (Å²) in [5.74, 6) is 0.462. The van der Waals surface area contributed by atoms with E-state index in [1.165, 1.54) is 11.8 Å². The van der Waals surface area contributed by atoms with Crippen molar-refractivity contribution >= 4 is 40.2 Å². The van der Waals surface area contributed by atoms with Gasteiger partial charge in [-0.15, -0.1) is 5.10 Å². The molecule has 88 valence electrons. The van der Waals surface area contributed by atoms with Gasteiger partial charge in [0.1, 0.15) is 0 Å². The molecule has 1 heterocycles.